The third kappa shape index (κ3) is 3.14. The molecule has 2 rings (SSSR count). The first kappa shape index (κ1) is 14.0. The van der Waals surface area contributed by atoms with Gasteiger partial charge >= 0.3 is 0 Å². The third-order valence-corrected chi connectivity index (χ3v) is 3.02. The molecule has 0 aliphatic rings. The van der Waals surface area contributed by atoms with Crippen LogP contribution >= 0.6 is 0 Å². The van der Waals surface area contributed by atoms with E-state index in [-0.39, 0.29) is 11.8 Å². The van der Waals surface area contributed by atoms with E-state index in [1.807, 2.05) is 24.3 Å². The number of hydrogen-bond donors (Lipinski definition) is 2. The average Bonchev–Trinajstić information content (AvgIpc) is 2.46. The molecule has 0 spiro atoms. The lowest BCUT2D eigenvalue weighted by molar-refractivity contribution is 0.620. The molecule has 0 saturated heterocycles. The molecule has 20 heavy (non-hydrogen) atoms. The maximum atomic E-state index is 13.5. The topological polar surface area (TPSA) is 67.1 Å². The van der Waals surface area contributed by atoms with Crippen LogP contribution < -0.4 is 16.0 Å². The lowest BCUT2D eigenvalue weighted by Gasteiger charge is -2.21. The first-order chi connectivity index (χ1) is 9.63. The van der Waals surface area contributed by atoms with Crippen LogP contribution in [0, 0.1) is 5.82 Å². The van der Waals surface area contributed by atoms with E-state index in [1.54, 1.807) is 0 Å². The fourth-order valence-corrected chi connectivity index (χ4v) is 1.95. The number of nitrogens with one attached hydrogen (secondary N) is 1. The van der Waals surface area contributed by atoms with E-state index in [4.69, 9.17) is 5.73 Å². The van der Waals surface area contributed by atoms with Crippen LogP contribution in [0.1, 0.15) is 13.8 Å². The zero-order chi connectivity index (χ0) is 14.5. The number of halogens is 1. The normalized spacial score (nSPS) is 10.3. The Hall–Kier alpha value is -2.37. The molecule has 2 aromatic rings. The van der Waals surface area contributed by atoms with Gasteiger partial charge in [0.15, 0.2) is 11.6 Å². The Morgan fingerprint density at radius 3 is 2.45 bits per heavy atom. The van der Waals surface area contributed by atoms with E-state index < -0.39 is 5.82 Å². The van der Waals surface area contributed by atoms with Crippen LogP contribution in [0.15, 0.2) is 30.5 Å². The number of benzene rings is 1. The molecule has 106 valence electrons. The van der Waals surface area contributed by atoms with E-state index in [0.717, 1.165) is 30.7 Å². The van der Waals surface area contributed by atoms with Gasteiger partial charge in [-0.05, 0) is 38.1 Å². The first-order valence-corrected chi connectivity index (χ1v) is 6.54. The summed E-state index contributed by atoms with van der Waals surface area (Å²) < 4.78 is 13.5. The maximum Gasteiger partial charge on any atom is 0.222 e. The predicted molar refractivity (Wildman–Crippen MR) is 79.7 cm³/mol. The summed E-state index contributed by atoms with van der Waals surface area (Å²) in [5.41, 5.74) is 7.32. The molecule has 6 heteroatoms. The van der Waals surface area contributed by atoms with Crippen LogP contribution in [0.25, 0.3) is 0 Å². The van der Waals surface area contributed by atoms with Gasteiger partial charge in [-0.2, -0.15) is 4.98 Å². The molecule has 0 unspecified atom stereocenters. The maximum absolute atomic E-state index is 13.5. The summed E-state index contributed by atoms with van der Waals surface area (Å²) in [6.45, 7) is 6.10. The van der Waals surface area contributed by atoms with Gasteiger partial charge in [0, 0.05) is 24.5 Å². The molecule has 0 saturated carbocycles. The molecule has 1 aromatic heterocycles. The Balaban J connectivity index is 2.16. The summed E-state index contributed by atoms with van der Waals surface area (Å²) in [6.07, 6.45) is 1.05. The Bertz CT molecular complexity index is 566. The van der Waals surface area contributed by atoms with Crippen molar-refractivity contribution in [3.8, 4) is 0 Å². The van der Waals surface area contributed by atoms with Gasteiger partial charge in [0.1, 0.15) is 0 Å². The van der Waals surface area contributed by atoms with Gasteiger partial charge in [-0.3, -0.25) is 0 Å². The molecule has 3 N–H and O–H groups in total. The van der Waals surface area contributed by atoms with Gasteiger partial charge in [-0.15, -0.1) is 0 Å². The number of anilines is 4. The van der Waals surface area contributed by atoms with Crippen LogP contribution in [0.2, 0.25) is 0 Å². The Morgan fingerprint density at radius 2 is 1.85 bits per heavy atom. The predicted octanol–water partition coefficient (Wildman–Crippen LogP) is 2.79. The van der Waals surface area contributed by atoms with Gasteiger partial charge in [0.2, 0.25) is 5.95 Å². The number of nitrogens with two attached hydrogens (primary N) is 1. The van der Waals surface area contributed by atoms with Gasteiger partial charge < -0.3 is 16.0 Å². The molecule has 1 aromatic carbocycles. The van der Waals surface area contributed by atoms with Crippen molar-refractivity contribution in [3.05, 3.63) is 36.3 Å². The minimum absolute atomic E-state index is 0.0358. The molecule has 5 nitrogen and oxygen atoms in total. The van der Waals surface area contributed by atoms with E-state index >= 15 is 0 Å². The summed E-state index contributed by atoms with van der Waals surface area (Å²) in [7, 11) is 0. The number of nitrogens with zero attached hydrogens (tertiary/aromatic N) is 3. The number of aromatic nitrogens is 2. The van der Waals surface area contributed by atoms with Crippen molar-refractivity contribution in [1.29, 1.82) is 0 Å². The molecule has 1 heterocycles. The molecular weight excluding hydrogens is 257 g/mol. The quantitative estimate of drug-likeness (QED) is 0.878. The van der Waals surface area contributed by atoms with Crippen molar-refractivity contribution < 1.29 is 4.39 Å². The van der Waals surface area contributed by atoms with Crippen LogP contribution in [-0.2, 0) is 0 Å². The molecule has 0 radical (unpaired) electrons. The number of nitrogen functional groups attached to an aromatic ring is 1. The summed E-state index contributed by atoms with van der Waals surface area (Å²) in [4.78, 5) is 9.64. The fourth-order valence-electron chi connectivity index (χ4n) is 1.95. The smallest absolute Gasteiger partial charge is 0.222 e. The van der Waals surface area contributed by atoms with Crippen molar-refractivity contribution in [1.82, 2.24) is 9.97 Å². The van der Waals surface area contributed by atoms with Gasteiger partial charge in [-0.1, -0.05) is 0 Å². The summed E-state index contributed by atoms with van der Waals surface area (Å²) in [5, 5.41) is 2.89. The third-order valence-electron chi connectivity index (χ3n) is 3.02. The van der Waals surface area contributed by atoms with Crippen molar-refractivity contribution in [3.63, 3.8) is 0 Å². The van der Waals surface area contributed by atoms with E-state index in [1.165, 1.54) is 0 Å². The first-order valence-electron chi connectivity index (χ1n) is 6.54. The summed E-state index contributed by atoms with van der Waals surface area (Å²) >= 11 is 0. The lowest BCUT2D eigenvalue weighted by Crippen LogP contribution is -2.21. The van der Waals surface area contributed by atoms with Crippen molar-refractivity contribution in [2.75, 3.05) is 29.0 Å². The average molecular weight is 275 g/mol. The second-order valence-electron chi connectivity index (χ2n) is 4.27. The van der Waals surface area contributed by atoms with Gasteiger partial charge in [0.25, 0.3) is 0 Å². The SMILES string of the molecule is CCN(CC)c1ccc(Nc2nc(N)ncc2F)cc1. The molecule has 0 aliphatic carbocycles. The summed E-state index contributed by atoms with van der Waals surface area (Å²) in [5.74, 6) is -0.422. The monoisotopic (exact) mass is 275 g/mol. The zero-order valence-electron chi connectivity index (χ0n) is 11.6. The van der Waals surface area contributed by atoms with Crippen molar-refractivity contribution in [2.24, 2.45) is 0 Å². The molecule has 0 aliphatic heterocycles. The molecular formula is C14H18FN5. The second kappa shape index (κ2) is 6.18. The molecule has 0 atom stereocenters. The van der Waals surface area contributed by atoms with E-state index in [0.29, 0.717) is 0 Å². The number of hydrogen-bond acceptors (Lipinski definition) is 5. The standard InChI is InChI=1S/C14H18FN5/c1-3-20(4-2)11-7-5-10(6-8-11)18-13-12(15)9-17-14(16)19-13/h5-9H,3-4H2,1-2H3,(H3,16,17,18,19). The molecule has 0 fully saturated rings. The minimum atomic E-state index is -0.535. The van der Waals surface area contributed by atoms with Gasteiger partial charge in [0.05, 0.1) is 6.20 Å². The Morgan fingerprint density at radius 1 is 1.20 bits per heavy atom. The van der Waals surface area contributed by atoms with Crippen LogP contribution in [0.3, 0.4) is 0 Å². The number of rotatable bonds is 5. The van der Waals surface area contributed by atoms with E-state index in [2.05, 4.69) is 34.0 Å². The van der Waals surface area contributed by atoms with Gasteiger partial charge in [-0.25, -0.2) is 9.37 Å². The van der Waals surface area contributed by atoms with E-state index in [9.17, 15) is 4.39 Å². The lowest BCUT2D eigenvalue weighted by atomic mass is 10.2. The van der Waals surface area contributed by atoms with Crippen LogP contribution in [0.5, 0.6) is 0 Å². The Labute approximate surface area is 117 Å². The highest BCUT2D eigenvalue weighted by molar-refractivity contribution is 5.61. The van der Waals surface area contributed by atoms with Crippen LogP contribution in [-0.4, -0.2) is 23.1 Å². The summed E-state index contributed by atoms with van der Waals surface area (Å²) in [6, 6.07) is 7.73. The van der Waals surface area contributed by atoms with Crippen LogP contribution in [0.4, 0.5) is 27.5 Å². The highest BCUT2D eigenvalue weighted by Crippen LogP contribution is 2.21. The van der Waals surface area contributed by atoms with Crippen molar-refractivity contribution in [2.45, 2.75) is 13.8 Å². The largest absolute Gasteiger partial charge is 0.372 e. The minimum Gasteiger partial charge on any atom is -0.372 e. The second-order valence-corrected chi connectivity index (χ2v) is 4.27. The molecule has 0 amide bonds. The zero-order valence-corrected chi connectivity index (χ0v) is 11.6. The Kier molecular flexibility index (Phi) is 4.34. The highest BCUT2D eigenvalue weighted by Gasteiger charge is 2.06. The highest BCUT2D eigenvalue weighted by atomic mass is 19.1. The van der Waals surface area contributed by atoms with Crippen molar-refractivity contribution >= 4 is 23.1 Å². The molecule has 0 bridgehead atoms. The fraction of sp³-hybridized carbons (Fsp3) is 0.286.